The van der Waals surface area contributed by atoms with E-state index in [1.54, 1.807) is 0 Å². The zero-order valence-electron chi connectivity index (χ0n) is 12.3. The van der Waals surface area contributed by atoms with Crippen LogP contribution in [0.4, 0.5) is 0 Å². The molecular formula is C16H23N3O. The summed E-state index contributed by atoms with van der Waals surface area (Å²) in [6.45, 7) is 3.38. The van der Waals surface area contributed by atoms with Crippen LogP contribution in [0.5, 0.6) is 0 Å². The normalized spacial score (nSPS) is 24.0. The summed E-state index contributed by atoms with van der Waals surface area (Å²) in [5.74, 6) is 0. The highest BCUT2D eigenvalue weighted by Gasteiger charge is 2.36. The van der Waals surface area contributed by atoms with E-state index in [1.807, 2.05) is 20.3 Å². The van der Waals surface area contributed by atoms with Gasteiger partial charge in [0.25, 0.3) is 0 Å². The zero-order valence-corrected chi connectivity index (χ0v) is 12.3. The molecule has 0 spiro atoms. The van der Waals surface area contributed by atoms with E-state index in [0.717, 1.165) is 32.6 Å². The lowest BCUT2D eigenvalue weighted by Gasteiger charge is -2.26. The average molecular weight is 273 g/mol. The minimum Gasteiger partial charge on any atom is -0.387 e. The van der Waals surface area contributed by atoms with Crippen molar-refractivity contribution in [1.29, 1.82) is 0 Å². The zero-order chi connectivity index (χ0) is 14.2. The third kappa shape index (κ3) is 2.87. The van der Waals surface area contributed by atoms with Gasteiger partial charge in [0.05, 0.1) is 5.60 Å². The number of hydrogen-bond donors (Lipinski definition) is 2. The highest BCUT2D eigenvalue weighted by molar-refractivity contribution is 5.79. The maximum atomic E-state index is 10.6. The van der Waals surface area contributed by atoms with Crippen LogP contribution in [0.15, 0.2) is 30.5 Å². The van der Waals surface area contributed by atoms with Crippen LogP contribution in [-0.2, 0) is 6.54 Å². The lowest BCUT2D eigenvalue weighted by Crippen LogP contribution is -2.42. The number of rotatable bonds is 4. The Bertz CT molecular complexity index is 592. The fraction of sp³-hybridized carbons (Fsp3) is 0.500. The van der Waals surface area contributed by atoms with E-state index in [-0.39, 0.29) is 0 Å². The fourth-order valence-corrected chi connectivity index (χ4v) is 3.25. The topological polar surface area (TPSA) is 42.5 Å². The molecule has 1 aliphatic heterocycles. The summed E-state index contributed by atoms with van der Waals surface area (Å²) < 4.78 is 0. The van der Waals surface area contributed by atoms with E-state index in [9.17, 15) is 5.11 Å². The number of fused-ring (bicyclic) bond motifs is 1. The molecule has 3 rings (SSSR count). The van der Waals surface area contributed by atoms with Crippen LogP contribution in [0.3, 0.4) is 0 Å². The molecule has 1 saturated heterocycles. The van der Waals surface area contributed by atoms with Crippen molar-refractivity contribution in [3.8, 4) is 0 Å². The summed E-state index contributed by atoms with van der Waals surface area (Å²) in [6.07, 6.45) is 2.83. The number of nitrogens with one attached hydrogen (secondary N) is 1. The van der Waals surface area contributed by atoms with Crippen molar-refractivity contribution in [2.45, 2.75) is 18.6 Å². The highest BCUT2D eigenvalue weighted by atomic mass is 16.3. The minimum atomic E-state index is -0.554. The Morgan fingerprint density at radius 2 is 2.20 bits per heavy atom. The molecule has 0 saturated carbocycles. The van der Waals surface area contributed by atoms with Crippen molar-refractivity contribution in [3.63, 3.8) is 0 Å². The molecular weight excluding hydrogens is 250 g/mol. The van der Waals surface area contributed by atoms with E-state index in [4.69, 9.17) is 0 Å². The van der Waals surface area contributed by atoms with Crippen molar-refractivity contribution in [2.75, 3.05) is 33.7 Å². The van der Waals surface area contributed by atoms with Crippen molar-refractivity contribution < 1.29 is 5.11 Å². The van der Waals surface area contributed by atoms with Crippen molar-refractivity contribution in [3.05, 3.63) is 36.0 Å². The van der Waals surface area contributed by atoms with Gasteiger partial charge in [0, 0.05) is 37.9 Å². The van der Waals surface area contributed by atoms with Crippen molar-refractivity contribution in [2.24, 2.45) is 0 Å². The molecule has 0 bridgehead atoms. The largest absolute Gasteiger partial charge is 0.387 e. The molecule has 0 amide bonds. The Morgan fingerprint density at radius 1 is 1.35 bits per heavy atom. The molecule has 2 N–H and O–H groups in total. The van der Waals surface area contributed by atoms with Crippen LogP contribution >= 0.6 is 0 Å². The van der Waals surface area contributed by atoms with Gasteiger partial charge in [0.15, 0.2) is 0 Å². The first-order valence-electron chi connectivity index (χ1n) is 7.20. The molecule has 1 aliphatic rings. The van der Waals surface area contributed by atoms with E-state index in [0.29, 0.717) is 0 Å². The predicted octanol–water partition coefficient (Wildman–Crippen LogP) is 1.67. The standard InChI is InChI=1S/C16H23N3O/c1-18(2)11-16(20)6-8-19(12-16)10-13-3-4-15-14(9-13)5-7-17-15/h3-5,7,9,17,20H,6,8,10-12H2,1-2H3/t16-/m1/s1. The summed E-state index contributed by atoms with van der Waals surface area (Å²) in [4.78, 5) is 7.63. The summed E-state index contributed by atoms with van der Waals surface area (Å²) in [5.41, 5.74) is 1.94. The van der Waals surface area contributed by atoms with Gasteiger partial charge in [-0.3, -0.25) is 4.90 Å². The first-order chi connectivity index (χ1) is 9.54. The molecule has 4 nitrogen and oxygen atoms in total. The van der Waals surface area contributed by atoms with Crippen LogP contribution in [0.2, 0.25) is 0 Å². The Balaban J connectivity index is 1.66. The molecule has 0 radical (unpaired) electrons. The third-order valence-corrected chi connectivity index (χ3v) is 4.05. The smallest absolute Gasteiger partial charge is 0.0912 e. The van der Waals surface area contributed by atoms with E-state index >= 15 is 0 Å². The number of likely N-dealkylation sites (N-methyl/N-ethyl adjacent to an activating group) is 1. The second-order valence-electron chi connectivity index (χ2n) is 6.32. The van der Waals surface area contributed by atoms with Gasteiger partial charge >= 0.3 is 0 Å². The molecule has 1 aromatic heterocycles. The quantitative estimate of drug-likeness (QED) is 0.890. The maximum absolute atomic E-state index is 10.6. The van der Waals surface area contributed by atoms with Gasteiger partial charge in [-0.15, -0.1) is 0 Å². The first-order valence-corrected chi connectivity index (χ1v) is 7.20. The van der Waals surface area contributed by atoms with Gasteiger partial charge in [-0.2, -0.15) is 0 Å². The number of aromatic nitrogens is 1. The van der Waals surface area contributed by atoms with E-state index < -0.39 is 5.60 Å². The van der Waals surface area contributed by atoms with Crippen molar-refractivity contribution >= 4 is 10.9 Å². The molecule has 0 aliphatic carbocycles. The second kappa shape index (κ2) is 5.20. The highest BCUT2D eigenvalue weighted by Crippen LogP contribution is 2.24. The summed E-state index contributed by atoms with van der Waals surface area (Å²) in [5, 5.41) is 11.8. The third-order valence-electron chi connectivity index (χ3n) is 4.05. The molecule has 2 aromatic rings. The molecule has 1 atom stereocenters. The molecule has 1 aromatic carbocycles. The van der Waals surface area contributed by atoms with Crippen molar-refractivity contribution in [1.82, 2.24) is 14.8 Å². The van der Waals surface area contributed by atoms with E-state index in [1.165, 1.54) is 16.5 Å². The van der Waals surface area contributed by atoms with Gasteiger partial charge in [-0.05, 0) is 49.7 Å². The fourth-order valence-electron chi connectivity index (χ4n) is 3.25. The molecule has 108 valence electrons. The number of aliphatic hydroxyl groups is 1. The summed E-state index contributed by atoms with van der Waals surface area (Å²) in [7, 11) is 4.03. The van der Waals surface area contributed by atoms with Crippen LogP contribution in [0.25, 0.3) is 10.9 Å². The first kappa shape index (κ1) is 13.6. The summed E-state index contributed by atoms with van der Waals surface area (Å²) >= 11 is 0. The Morgan fingerprint density at radius 3 is 3.00 bits per heavy atom. The Kier molecular flexibility index (Phi) is 3.54. The monoisotopic (exact) mass is 273 g/mol. The van der Waals surface area contributed by atoms with Crippen LogP contribution in [0, 0.1) is 0 Å². The van der Waals surface area contributed by atoms with Gasteiger partial charge in [0.1, 0.15) is 0 Å². The number of β-amino-alcohol motifs (C(OH)–C–C–N with tert-alkyl or cyclic N) is 1. The number of benzene rings is 1. The van der Waals surface area contributed by atoms with Crippen LogP contribution in [-0.4, -0.2) is 59.2 Å². The van der Waals surface area contributed by atoms with Gasteiger partial charge in [0.2, 0.25) is 0 Å². The summed E-state index contributed by atoms with van der Waals surface area (Å²) in [6, 6.07) is 8.63. The van der Waals surface area contributed by atoms with E-state index in [2.05, 4.69) is 39.0 Å². The average Bonchev–Trinajstić information content (AvgIpc) is 2.95. The van der Waals surface area contributed by atoms with Gasteiger partial charge in [-0.25, -0.2) is 0 Å². The van der Waals surface area contributed by atoms with Crippen LogP contribution in [0.1, 0.15) is 12.0 Å². The maximum Gasteiger partial charge on any atom is 0.0912 e. The number of hydrogen-bond acceptors (Lipinski definition) is 3. The molecule has 0 unspecified atom stereocenters. The Hall–Kier alpha value is -1.36. The number of likely N-dealkylation sites (tertiary alicyclic amines) is 1. The minimum absolute atomic E-state index is 0.554. The number of nitrogens with zero attached hydrogens (tertiary/aromatic N) is 2. The lowest BCUT2D eigenvalue weighted by atomic mass is 10.0. The second-order valence-corrected chi connectivity index (χ2v) is 6.32. The molecule has 4 heteroatoms. The van der Waals surface area contributed by atoms with Crippen LogP contribution < -0.4 is 0 Å². The molecule has 20 heavy (non-hydrogen) atoms. The molecule has 1 fully saturated rings. The predicted molar refractivity (Wildman–Crippen MR) is 81.7 cm³/mol. The Labute approximate surface area is 120 Å². The van der Waals surface area contributed by atoms with Gasteiger partial charge in [-0.1, -0.05) is 6.07 Å². The molecule has 2 heterocycles. The number of H-pyrrole nitrogens is 1. The van der Waals surface area contributed by atoms with Gasteiger partial charge < -0.3 is 15.0 Å². The number of aromatic amines is 1. The lowest BCUT2D eigenvalue weighted by molar-refractivity contribution is 0.0240. The SMILES string of the molecule is CN(C)C[C@]1(O)CCN(Cc2ccc3[nH]ccc3c2)C1.